The van der Waals surface area contributed by atoms with Crippen LogP contribution in [0.15, 0.2) is 83.9 Å². The van der Waals surface area contributed by atoms with Crippen LogP contribution < -0.4 is 9.73 Å². The average Bonchev–Trinajstić information content (AvgIpc) is 3.32. The Bertz CT molecular complexity index is 1450. The van der Waals surface area contributed by atoms with E-state index in [0.717, 1.165) is 48.6 Å². The van der Waals surface area contributed by atoms with Crippen LogP contribution >= 0.6 is 12.0 Å². The Morgan fingerprint density at radius 3 is 2.45 bits per heavy atom. The van der Waals surface area contributed by atoms with Gasteiger partial charge in [-0.2, -0.15) is 4.99 Å². The van der Waals surface area contributed by atoms with Crippen LogP contribution in [0.1, 0.15) is 36.0 Å². The largest absolute Gasteiger partial charge is 0.488 e. The van der Waals surface area contributed by atoms with Crippen LogP contribution in [0.5, 0.6) is 5.75 Å². The first-order chi connectivity index (χ1) is 19.5. The normalized spacial score (nSPS) is 14.4. The number of nitrogens with zero attached hydrogens (tertiary/aromatic N) is 2. The summed E-state index contributed by atoms with van der Waals surface area (Å²) < 4.78 is 32.0. The average molecular weight is 561 g/mol. The summed E-state index contributed by atoms with van der Waals surface area (Å²) in [6.45, 7) is 6.07. The van der Waals surface area contributed by atoms with Gasteiger partial charge in [0.1, 0.15) is 23.7 Å². The van der Waals surface area contributed by atoms with Crippen molar-refractivity contribution in [3.63, 3.8) is 0 Å². The number of hydrogen-bond acceptors (Lipinski definition) is 4. The molecule has 208 valence electrons. The highest BCUT2D eigenvalue weighted by molar-refractivity contribution is 7.93. The molecule has 0 spiro atoms. The standard InChI is InChI=1S/C32H34FN3O3S/c1-23-29(32(37)34-26-11-13-27(40-38)14-12-26)21-36(19-18-35-16-6-3-7-17-35)31(23)28-15-10-25(33)20-30(28)39-22-24-8-4-2-5-9-24/h2,4-5,8-15,20-21,38H,3,6-7,16-19,22H2,1H3,(H,34,37)/p+1. The molecule has 0 radical (unpaired) electrons. The van der Waals surface area contributed by atoms with Gasteiger partial charge in [0.2, 0.25) is 5.69 Å². The van der Waals surface area contributed by atoms with E-state index in [2.05, 4.69) is 14.5 Å². The molecule has 5 rings (SSSR count). The maximum Gasteiger partial charge on any atom is 0.373 e. The molecule has 1 fully saturated rings. The summed E-state index contributed by atoms with van der Waals surface area (Å²) >= 11 is 0.677. The summed E-state index contributed by atoms with van der Waals surface area (Å²) in [5.41, 5.74) is 4.88. The van der Waals surface area contributed by atoms with Crippen molar-refractivity contribution in [1.29, 1.82) is 0 Å². The molecular weight excluding hydrogens is 525 g/mol. The Morgan fingerprint density at radius 2 is 1.73 bits per heavy atom. The molecule has 1 aliphatic heterocycles. The Kier molecular flexibility index (Phi) is 9.21. The Hall–Kier alpha value is -3.59. The summed E-state index contributed by atoms with van der Waals surface area (Å²) in [5, 5.41) is 11.2. The number of piperidine rings is 1. The highest BCUT2D eigenvalue weighted by atomic mass is 32.2. The van der Waals surface area contributed by atoms with Crippen LogP contribution in [0.2, 0.25) is 0 Å². The van der Waals surface area contributed by atoms with E-state index in [1.54, 1.807) is 30.3 Å². The first-order valence-corrected chi connectivity index (χ1v) is 14.4. The van der Waals surface area contributed by atoms with E-state index in [1.807, 2.05) is 43.5 Å². The third-order valence-electron chi connectivity index (χ3n) is 7.35. The Balaban J connectivity index is 1.52. The van der Waals surface area contributed by atoms with Crippen molar-refractivity contribution in [3.8, 4) is 17.0 Å². The van der Waals surface area contributed by atoms with Gasteiger partial charge in [0.15, 0.2) is 0 Å². The quantitative estimate of drug-likeness (QED) is 0.127. The monoisotopic (exact) mass is 560 g/mol. The van der Waals surface area contributed by atoms with Gasteiger partial charge in [-0.25, -0.2) is 4.39 Å². The molecule has 1 saturated heterocycles. The van der Waals surface area contributed by atoms with Gasteiger partial charge in [-0.05, 0) is 68.2 Å². The second-order valence-electron chi connectivity index (χ2n) is 10.1. The van der Waals surface area contributed by atoms with Crippen molar-refractivity contribution in [3.05, 3.63) is 102 Å². The highest BCUT2D eigenvalue weighted by Gasteiger charge is 2.24. The lowest BCUT2D eigenvalue weighted by Crippen LogP contribution is -2.66. The molecule has 3 N–H and O–H groups in total. The number of benzene rings is 3. The van der Waals surface area contributed by atoms with Gasteiger partial charge in [0.05, 0.1) is 5.69 Å². The van der Waals surface area contributed by atoms with Gasteiger partial charge < -0.3 is 23.9 Å². The van der Waals surface area contributed by atoms with Gasteiger partial charge in [-0.3, -0.25) is 0 Å². The molecule has 3 aromatic carbocycles. The van der Waals surface area contributed by atoms with Crippen molar-refractivity contribution in [2.45, 2.75) is 44.2 Å². The lowest BCUT2D eigenvalue weighted by atomic mass is 10.0. The summed E-state index contributed by atoms with van der Waals surface area (Å²) in [6, 6.07) is 21.6. The van der Waals surface area contributed by atoms with Crippen molar-refractivity contribution in [2.24, 2.45) is 0 Å². The van der Waals surface area contributed by atoms with Crippen LogP contribution in [0, 0.1) is 12.7 Å². The van der Waals surface area contributed by atoms with Crippen LogP contribution in [0.3, 0.4) is 0 Å². The fourth-order valence-electron chi connectivity index (χ4n) is 5.21. The molecule has 40 heavy (non-hydrogen) atoms. The zero-order chi connectivity index (χ0) is 27.9. The molecule has 1 aliphatic rings. The molecule has 0 atom stereocenters. The second kappa shape index (κ2) is 13.2. The summed E-state index contributed by atoms with van der Waals surface area (Å²) in [7, 11) is 0. The number of nitrogens with one attached hydrogen (secondary N) is 1. The molecule has 2 heterocycles. The predicted molar refractivity (Wildman–Crippen MR) is 158 cm³/mol. The highest BCUT2D eigenvalue weighted by Crippen LogP contribution is 2.36. The number of hydrogen-bond donors (Lipinski definition) is 3. The molecule has 4 aromatic rings. The lowest BCUT2D eigenvalue weighted by Gasteiger charge is -2.27. The van der Waals surface area contributed by atoms with E-state index in [9.17, 15) is 14.0 Å². The van der Waals surface area contributed by atoms with E-state index in [0.29, 0.717) is 40.5 Å². The third-order valence-corrected chi connectivity index (χ3v) is 7.83. The number of rotatable bonds is 10. The molecule has 0 unspecified atom stereocenters. The van der Waals surface area contributed by atoms with E-state index in [-0.39, 0.29) is 11.7 Å². The number of aliphatic hydroxyl groups excluding tert-OH is 1. The maximum absolute atomic E-state index is 14.4. The van der Waals surface area contributed by atoms with Crippen LogP contribution in [0.4, 0.5) is 10.1 Å². The van der Waals surface area contributed by atoms with Crippen molar-refractivity contribution < 1.29 is 23.8 Å². The molecule has 8 heteroatoms. The van der Waals surface area contributed by atoms with E-state index >= 15 is 0 Å². The molecule has 0 bridgehead atoms. The van der Waals surface area contributed by atoms with Crippen molar-refractivity contribution in [2.75, 3.05) is 19.6 Å². The lowest BCUT2D eigenvalue weighted by molar-refractivity contribution is -0.364. The summed E-state index contributed by atoms with van der Waals surface area (Å²) in [6.07, 6.45) is 5.66. The molecule has 0 aliphatic carbocycles. The molecule has 0 amide bonds. The Labute approximate surface area is 239 Å². The first kappa shape index (κ1) is 28.0. The minimum absolute atomic E-state index is 0.0220. The summed E-state index contributed by atoms with van der Waals surface area (Å²) in [5.74, 6) is 0.116. The summed E-state index contributed by atoms with van der Waals surface area (Å²) in [4.78, 5) is 6.27. The van der Waals surface area contributed by atoms with Crippen molar-refractivity contribution in [1.82, 2.24) is 9.47 Å². The zero-order valence-corrected chi connectivity index (χ0v) is 23.5. The van der Waals surface area contributed by atoms with E-state index < -0.39 is 0 Å². The van der Waals surface area contributed by atoms with Crippen LogP contribution in [-0.2, 0) is 13.2 Å². The number of aliphatic hydroxyl groups is 1. The maximum atomic E-state index is 14.4. The predicted octanol–water partition coefficient (Wildman–Crippen LogP) is 5.95. The van der Waals surface area contributed by atoms with Crippen LogP contribution in [0.25, 0.3) is 11.3 Å². The smallest absolute Gasteiger partial charge is 0.373 e. The molecule has 6 nitrogen and oxygen atoms in total. The SMILES string of the molecule is Cc1c(C(O)=[NH+]c2ccc(SO)cc2)cn(CCN2CCCCC2)c1-c1ccc(F)cc1OCc1ccccc1. The van der Waals surface area contributed by atoms with Gasteiger partial charge >= 0.3 is 5.90 Å². The number of aromatic nitrogens is 1. The minimum Gasteiger partial charge on any atom is -0.488 e. The van der Waals surface area contributed by atoms with Gasteiger partial charge in [-0.15, -0.1) is 0 Å². The van der Waals surface area contributed by atoms with Gasteiger partial charge in [0.25, 0.3) is 0 Å². The van der Waals surface area contributed by atoms with Gasteiger partial charge in [-0.1, -0.05) is 36.8 Å². The number of likely N-dealkylation sites (tertiary alicyclic amines) is 1. The first-order valence-electron chi connectivity index (χ1n) is 13.7. The Morgan fingerprint density at radius 1 is 0.975 bits per heavy atom. The fraction of sp³-hybridized carbons (Fsp3) is 0.281. The number of ether oxygens (including phenoxy) is 1. The van der Waals surface area contributed by atoms with Crippen LogP contribution in [-0.4, -0.2) is 44.7 Å². The topological polar surface area (TPSA) is 71.8 Å². The minimum atomic E-state index is -0.364. The van der Waals surface area contributed by atoms with E-state index in [4.69, 9.17) is 4.74 Å². The zero-order valence-electron chi connectivity index (χ0n) is 22.6. The number of halogens is 1. The molecule has 0 saturated carbocycles. The molecule has 1 aromatic heterocycles. The van der Waals surface area contributed by atoms with Gasteiger partial charge in [0, 0.05) is 60.0 Å². The fourth-order valence-corrected chi connectivity index (χ4v) is 5.47. The second-order valence-corrected chi connectivity index (χ2v) is 10.8. The van der Waals surface area contributed by atoms with E-state index in [1.165, 1.54) is 31.4 Å². The third kappa shape index (κ3) is 6.75. The van der Waals surface area contributed by atoms with Crippen molar-refractivity contribution >= 4 is 23.6 Å². The molecular formula is C32H35FN3O3S+.